The van der Waals surface area contributed by atoms with E-state index in [0.29, 0.717) is 5.56 Å². The minimum absolute atomic E-state index is 0.290. The van der Waals surface area contributed by atoms with Crippen LogP contribution in [0.1, 0.15) is 33.5 Å². The maximum atomic E-state index is 11.4. The number of fused-ring (bicyclic) bond motifs is 1. The van der Waals surface area contributed by atoms with E-state index in [1.165, 1.54) is 29.4 Å². The number of carbonyl (C=O) groups is 1. The Kier molecular flexibility index (Phi) is 4.44. The van der Waals surface area contributed by atoms with E-state index in [0.717, 1.165) is 23.7 Å². The molecular weight excluding hydrogens is 340 g/mol. The van der Waals surface area contributed by atoms with E-state index in [1.54, 1.807) is 0 Å². The number of benzene rings is 2. The lowest BCUT2D eigenvalue weighted by atomic mass is 9.89. The zero-order valence-corrected chi connectivity index (χ0v) is 14.0. The zero-order chi connectivity index (χ0) is 15.5. The van der Waals surface area contributed by atoms with Gasteiger partial charge in [0.25, 0.3) is 0 Å². The van der Waals surface area contributed by atoms with E-state index < -0.39 is 0 Å². The van der Waals surface area contributed by atoms with Gasteiger partial charge in [-0.15, -0.1) is 0 Å². The zero-order valence-electron chi connectivity index (χ0n) is 12.4. The number of ether oxygens (including phenoxy) is 1. The molecule has 0 unspecified atom stereocenters. The fourth-order valence-corrected chi connectivity index (χ4v) is 3.17. The second-order valence-electron chi connectivity index (χ2n) is 5.51. The molecule has 22 heavy (non-hydrogen) atoms. The fraction of sp³-hybridized carbons (Fsp3) is 0.211. The Morgan fingerprint density at radius 1 is 1.14 bits per heavy atom. The summed E-state index contributed by atoms with van der Waals surface area (Å²) in [6.45, 7) is 0. The van der Waals surface area contributed by atoms with Crippen LogP contribution >= 0.6 is 15.9 Å². The number of rotatable bonds is 3. The third kappa shape index (κ3) is 3.30. The van der Waals surface area contributed by atoms with Gasteiger partial charge < -0.3 is 4.74 Å². The molecule has 0 radical (unpaired) electrons. The number of hydrogen-bond donors (Lipinski definition) is 0. The van der Waals surface area contributed by atoms with Crippen molar-refractivity contribution in [3.8, 4) is 0 Å². The van der Waals surface area contributed by atoms with Crippen molar-refractivity contribution in [3.63, 3.8) is 0 Å². The van der Waals surface area contributed by atoms with Crippen LogP contribution in [0.4, 0.5) is 0 Å². The Hall–Kier alpha value is -1.87. The summed E-state index contributed by atoms with van der Waals surface area (Å²) in [7, 11) is 1.40. The van der Waals surface area contributed by atoms with Gasteiger partial charge in [-0.3, -0.25) is 0 Å². The first kappa shape index (κ1) is 15.0. The quantitative estimate of drug-likeness (QED) is 0.737. The van der Waals surface area contributed by atoms with Crippen molar-refractivity contribution >= 4 is 28.0 Å². The molecule has 0 saturated carbocycles. The number of methoxy groups -OCH3 is 1. The molecule has 2 aromatic carbocycles. The molecule has 0 amide bonds. The largest absolute Gasteiger partial charge is 0.465 e. The second kappa shape index (κ2) is 6.49. The van der Waals surface area contributed by atoms with Crippen LogP contribution in [0.3, 0.4) is 0 Å². The summed E-state index contributed by atoms with van der Waals surface area (Å²) in [5.74, 6) is -0.290. The minimum Gasteiger partial charge on any atom is -0.465 e. The first-order chi connectivity index (χ1) is 10.7. The number of esters is 1. The topological polar surface area (TPSA) is 26.3 Å². The molecule has 0 fully saturated rings. The van der Waals surface area contributed by atoms with Crippen LogP contribution in [0.2, 0.25) is 0 Å². The third-order valence-corrected chi connectivity index (χ3v) is 4.48. The molecule has 2 aromatic rings. The maximum Gasteiger partial charge on any atom is 0.337 e. The van der Waals surface area contributed by atoms with Gasteiger partial charge >= 0.3 is 5.97 Å². The predicted octanol–water partition coefficient (Wildman–Crippen LogP) is 4.81. The molecule has 0 spiro atoms. The van der Waals surface area contributed by atoms with Crippen molar-refractivity contribution in [2.75, 3.05) is 7.11 Å². The average molecular weight is 357 g/mol. The van der Waals surface area contributed by atoms with E-state index >= 15 is 0 Å². The number of hydrogen-bond acceptors (Lipinski definition) is 2. The highest BCUT2D eigenvalue weighted by atomic mass is 79.9. The lowest BCUT2D eigenvalue weighted by Gasteiger charge is -2.17. The monoisotopic (exact) mass is 356 g/mol. The Morgan fingerprint density at radius 2 is 1.91 bits per heavy atom. The van der Waals surface area contributed by atoms with Gasteiger partial charge in [0, 0.05) is 4.47 Å². The molecule has 0 bridgehead atoms. The van der Waals surface area contributed by atoms with Crippen molar-refractivity contribution in [1.29, 1.82) is 0 Å². The standard InChI is InChI=1S/C19H17BrO2/c1-22-19(21)16-6-2-13(3-7-16)10-14-4-5-15-8-9-18(20)12-17(15)11-14/h2-3,6-9,11-12H,4-5,10H2,1H3. The van der Waals surface area contributed by atoms with Gasteiger partial charge in [-0.05, 0) is 60.2 Å². The van der Waals surface area contributed by atoms with Gasteiger partial charge in [0.2, 0.25) is 0 Å². The predicted molar refractivity (Wildman–Crippen MR) is 91.9 cm³/mol. The molecule has 1 aliphatic carbocycles. The molecule has 0 saturated heterocycles. The summed E-state index contributed by atoms with van der Waals surface area (Å²) in [5.41, 5.74) is 5.96. The molecule has 0 N–H and O–H groups in total. The van der Waals surface area contributed by atoms with Crippen LogP contribution in [-0.4, -0.2) is 13.1 Å². The summed E-state index contributed by atoms with van der Waals surface area (Å²) in [6, 6.07) is 14.1. The van der Waals surface area contributed by atoms with Gasteiger partial charge in [-0.2, -0.15) is 0 Å². The fourth-order valence-electron chi connectivity index (χ4n) is 2.79. The molecule has 112 valence electrons. The maximum absolute atomic E-state index is 11.4. The molecule has 3 heteroatoms. The van der Waals surface area contributed by atoms with Crippen LogP contribution in [0.15, 0.2) is 52.5 Å². The van der Waals surface area contributed by atoms with Gasteiger partial charge in [0.1, 0.15) is 0 Å². The lowest BCUT2D eigenvalue weighted by molar-refractivity contribution is 0.0600. The van der Waals surface area contributed by atoms with E-state index in [4.69, 9.17) is 4.74 Å². The smallest absolute Gasteiger partial charge is 0.337 e. The van der Waals surface area contributed by atoms with Gasteiger partial charge in [0.05, 0.1) is 12.7 Å². The van der Waals surface area contributed by atoms with Crippen LogP contribution in [0, 0.1) is 0 Å². The molecule has 0 atom stereocenters. The number of aryl methyl sites for hydroxylation is 1. The second-order valence-corrected chi connectivity index (χ2v) is 6.43. The van der Waals surface area contributed by atoms with Crippen molar-refractivity contribution in [2.24, 2.45) is 0 Å². The minimum atomic E-state index is -0.290. The summed E-state index contributed by atoms with van der Waals surface area (Å²) < 4.78 is 5.84. The molecule has 3 rings (SSSR count). The number of allylic oxidation sites excluding steroid dienone is 1. The average Bonchev–Trinajstić information content (AvgIpc) is 2.54. The van der Waals surface area contributed by atoms with Crippen molar-refractivity contribution in [1.82, 2.24) is 0 Å². The third-order valence-electron chi connectivity index (χ3n) is 3.99. The van der Waals surface area contributed by atoms with Crippen molar-refractivity contribution in [2.45, 2.75) is 19.3 Å². The van der Waals surface area contributed by atoms with Gasteiger partial charge in [0.15, 0.2) is 0 Å². The molecule has 0 aliphatic heterocycles. The van der Waals surface area contributed by atoms with Gasteiger partial charge in [-0.1, -0.05) is 45.8 Å². The lowest BCUT2D eigenvalue weighted by Crippen LogP contribution is -2.03. The summed E-state index contributed by atoms with van der Waals surface area (Å²) in [6.07, 6.45) is 5.40. The molecule has 1 aliphatic rings. The van der Waals surface area contributed by atoms with E-state index in [-0.39, 0.29) is 5.97 Å². The first-order valence-electron chi connectivity index (χ1n) is 7.31. The van der Waals surface area contributed by atoms with E-state index in [1.807, 2.05) is 24.3 Å². The van der Waals surface area contributed by atoms with Gasteiger partial charge in [-0.25, -0.2) is 4.79 Å². The summed E-state index contributed by atoms with van der Waals surface area (Å²) in [4.78, 5) is 11.4. The highest BCUT2D eigenvalue weighted by Gasteiger charge is 2.11. The van der Waals surface area contributed by atoms with Crippen molar-refractivity contribution < 1.29 is 9.53 Å². The van der Waals surface area contributed by atoms with E-state index in [2.05, 4.69) is 40.2 Å². The Morgan fingerprint density at radius 3 is 2.64 bits per heavy atom. The highest BCUT2D eigenvalue weighted by Crippen LogP contribution is 2.28. The summed E-state index contributed by atoms with van der Waals surface area (Å²) in [5, 5.41) is 0. The van der Waals surface area contributed by atoms with Crippen LogP contribution < -0.4 is 0 Å². The SMILES string of the molecule is COC(=O)c1ccc(CC2=Cc3cc(Br)ccc3CC2)cc1. The Labute approximate surface area is 138 Å². The normalized spacial score (nSPS) is 13.3. The Balaban J connectivity index is 1.77. The molecule has 2 nitrogen and oxygen atoms in total. The Bertz CT molecular complexity index is 730. The molecule has 0 heterocycles. The summed E-state index contributed by atoms with van der Waals surface area (Å²) >= 11 is 3.53. The highest BCUT2D eigenvalue weighted by molar-refractivity contribution is 9.10. The first-order valence-corrected chi connectivity index (χ1v) is 8.10. The number of halogens is 1. The molecular formula is C19H17BrO2. The number of carbonyl (C=O) groups excluding carboxylic acids is 1. The molecule has 0 aromatic heterocycles. The van der Waals surface area contributed by atoms with E-state index in [9.17, 15) is 4.79 Å². The van der Waals surface area contributed by atoms with Crippen molar-refractivity contribution in [3.05, 3.63) is 74.8 Å². The van der Waals surface area contributed by atoms with Crippen LogP contribution in [0.25, 0.3) is 6.08 Å². The van der Waals surface area contributed by atoms with Crippen LogP contribution in [0.5, 0.6) is 0 Å². The van der Waals surface area contributed by atoms with Crippen LogP contribution in [-0.2, 0) is 17.6 Å².